The van der Waals surface area contributed by atoms with Gasteiger partial charge in [-0.1, -0.05) is 6.07 Å². The smallest absolute Gasteiger partial charge is 0.119 e. The Bertz CT molecular complexity index is 468. The van der Waals surface area contributed by atoms with Crippen molar-refractivity contribution in [1.29, 1.82) is 0 Å². The predicted molar refractivity (Wildman–Crippen MR) is 79.6 cm³/mol. The molecule has 2 unspecified atom stereocenters. The van der Waals surface area contributed by atoms with Crippen molar-refractivity contribution in [1.82, 2.24) is 0 Å². The third-order valence-electron chi connectivity index (χ3n) is 4.61. The zero-order valence-corrected chi connectivity index (χ0v) is 12.6. The van der Waals surface area contributed by atoms with Crippen molar-refractivity contribution in [3.63, 3.8) is 0 Å². The maximum atomic E-state index is 10.5. The second kappa shape index (κ2) is 6.77. The highest BCUT2D eigenvalue weighted by molar-refractivity contribution is 5.39. The molecule has 0 bridgehead atoms. The minimum absolute atomic E-state index is 0.0891. The van der Waals surface area contributed by atoms with Crippen LogP contribution in [-0.2, 0) is 15.9 Å². The van der Waals surface area contributed by atoms with E-state index in [0.717, 1.165) is 56.8 Å². The van der Waals surface area contributed by atoms with E-state index in [4.69, 9.17) is 14.2 Å². The van der Waals surface area contributed by atoms with E-state index in [1.54, 1.807) is 7.11 Å². The first-order valence-corrected chi connectivity index (χ1v) is 7.82. The Kier molecular flexibility index (Phi) is 4.78. The van der Waals surface area contributed by atoms with Gasteiger partial charge in [-0.05, 0) is 54.9 Å². The van der Waals surface area contributed by atoms with E-state index >= 15 is 0 Å². The Morgan fingerprint density at radius 2 is 2.05 bits per heavy atom. The normalized spacial score (nSPS) is 26.4. The highest BCUT2D eigenvalue weighted by Crippen LogP contribution is 2.34. The van der Waals surface area contributed by atoms with Gasteiger partial charge in [0, 0.05) is 13.2 Å². The van der Waals surface area contributed by atoms with E-state index in [9.17, 15) is 5.11 Å². The second-order valence-electron chi connectivity index (χ2n) is 5.98. The molecule has 116 valence electrons. The van der Waals surface area contributed by atoms with Crippen LogP contribution in [0.15, 0.2) is 18.2 Å². The number of hydrogen-bond donors (Lipinski definition) is 1. The third kappa shape index (κ3) is 3.39. The first kappa shape index (κ1) is 14.8. The van der Waals surface area contributed by atoms with Crippen LogP contribution in [0.2, 0.25) is 0 Å². The largest absolute Gasteiger partial charge is 0.497 e. The minimum Gasteiger partial charge on any atom is -0.497 e. The van der Waals surface area contributed by atoms with Gasteiger partial charge in [0.1, 0.15) is 11.9 Å². The molecule has 1 fully saturated rings. The SMILES string of the molecule is COc1ccc2c(c1)CCC(OCC1CCOCC1)C2O. The lowest BCUT2D eigenvalue weighted by molar-refractivity contribution is -0.0716. The van der Waals surface area contributed by atoms with Crippen molar-refractivity contribution < 1.29 is 19.3 Å². The van der Waals surface area contributed by atoms with Crippen LogP contribution in [0.1, 0.15) is 36.5 Å². The molecule has 1 aliphatic heterocycles. The average molecular weight is 292 g/mol. The summed E-state index contributed by atoms with van der Waals surface area (Å²) < 4.78 is 16.6. The van der Waals surface area contributed by atoms with Crippen molar-refractivity contribution >= 4 is 0 Å². The third-order valence-corrected chi connectivity index (χ3v) is 4.61. The molecule has 2 aliphatic rings. The Morgan fingerprint density at radius 3 is 2.81 bits per heavy atom. The molecule has 1 aliphatic carbocycles. The molecule has 1 heterocycles. The number of aliphatic hydroxyl groups is 1. The van der Waals surface area contributed by atoms with Crippen molar-refractivity contribution in [3.05, 3.63) is 29.3 Å². The van der Waals surface area contributed by atoms with Gasteiger partial charge in [0.05, 0.1) is 19.8 Å². The average Bonchev–Trinajstić information content (AvgIpc) is 2.55. The molecule has 1 aromatic rings. The summed E-state index contributed by atoms with van der Waals surface area (Å²) in [7, 11) is 1.67. The van der Waals surface area contributed by atoms with E-state index in [1.807, 2.05) is 18.2 Å². The number of aryl methyl sites for hydroxylation is 1. The molecule has 4 heteroatoms. The maximum absolute atomic E-state index is 10.5. The lowest BCUT2D eigenvalue weighted by Gasteiger charge is -2.32. The van der Waals surface area contributed by atoms with E-state index in [0.29, 0.717) is 5.92 Å². The van der Waals surface area contributed by atoms with Gasteiger partial charge in [0.2, 0.25) is 0 Å². The summed E-state index contributed by atoms with van der Waals surface area (Å²) in [5.74, 6) is 1.42. The zero-order valence-electron chi connectivity index (χ0n) is 12.6. The van der Waals surface area contributed by atoms with Gasteiger partial charge in [0.15, 0.2) is 0 Å². The molecule has 1 N–H and O–H groups in total. The topological polar surface area (TPSA) is 47.9 Å². The van der Waals surface area contributed by atoms with Gasteiger partial charge in [-0.25, -0.2) is 0 Å². The number of benzene rings is 1. The highest BCUT2D eigenvalue weighted by Gasteiger charge is 2.29. The Hall–Kier alpha value is -1.10. The van der Waals surface area contributed by atoms with Crippen LogP contribution in [0.25, 0.3) is 0 Å². The molecule has 21 heavy (non-hydrogen) atoms. The lowest BCUT2D eigenvalue weighted by Crippen LogP contribution is -2.31. The number of fused-ring (bicyclic) bond motifs is 1. The van der Waals surface area contributed by atoms with E-state index in [-0.39, 0.29) is 6.10 Å². The summed E-state index contributed by atoms with van der Waals surface area (Å²) in [6.07, 6.45) is 3.31. The summed E-state index contributed by atoms with van der Waals surface area (Å²) >= 11 is 0. The van der Waals surface area contributed by atoms with Gasteiger partial charge in [-0.15, -0.1) is 0 Å². The van der Waals surface area contributed by atoms with Gasteiger partial charge >= 0.3 is 0 Å². The number of methoxy groups -OCH3 is 1. The van der Waals surface area contributed by atoms with Crippen LogP contribution in [0.4, 0.5) is 0 Å². The molecule has 1 aromatic carbocycles. The molecule has 1 saturated heterocycles. The zero-order chi connectivity index (χ0) is 14.7. The van der Waals surface area contributed by atoms with Crippen molar-refractivity contribution in [2.24, 2.45) is 5.92 Å². The Labute approximate surface area is 126 Å². The molecule has 4 nitrogen and oxygen atoms in total. The Balaban J connectivity index is 1.60. The Morgan fingerprint density at radius 1 is 1.24 bits per heavy atom. The van der Waals surface area contributed by atoms with Crippen LogP contribution < -0.4 is 4.74 Å². The summed E-state index contributed by atoms with van der Waals surface area (Å²) in [5, 5.41) is 10.5. The first-order chi connectivity index (χ1) is 10.3. The quantitative estimate of drug-likeness (QED) is 0.926. The van der Waals surface area contributed by atoms with Crippen molar-refractivity contribution in [2.45, 2.75) is 37.9 Å². The first-order valence-electron chi connectivity index (χ1n) is 7.82. The molecule has 0 radical (unpaired) electrons. The van der Waals surface area contributed by atoms with Crippen LogP contribution in [-0.4, -0.2) is 38.1 Å². The van der Waals surface area contributed by atoms with Gasteiger partial charge in [-0.3, -0.25) is 0 Å². The van der Waals surface area contributed by atoms with Crippen molar-refractivity contribution in [3.8, 4) is 5.75 Å². The molecule has 2 atom stereocenters. The monoisotopic (exact) mass is 292 g/mol. The van der Waals surface area contributed by atoms with Crippen LogP contribution >= 0.6 is 0 Å². The molecule has 0 saturated carbocycles. The molecule has 0 amide bonds. The summed E-state index contributed by atoms with van der Waals surface area (Å²) in [6.45, 7) is 2.41. The molecular weight excluding hydrogens is 268 g/mol. The molecular formula is C17H24O4. The van der Waals surface area contributed by atoms with Crippen LogP contribution in [0.3, 0.4) is 0 Å². The van der Waals surface area contributed by atoms with Gasteiger partial charge < -0.3 is 19.3 Å². The summed E-state index contributed by atoms with van der Waals surface area (Å²) in [5.41, 5.74) is 2.16. The van der Waals surface area contributed by atoms with E-state index in [2.05, 4.69) is 0 Å². The maximum Gasteiger partial charge on any atom is 0.119 e. The fourth-order valence-corrected chi connectivity index (χ4v) is 3.22. The molecule has 3 rings (SSSR count). The van der Waals surface area contributed by atoms with Crippen molar-refractivity contribution in [2.75, 3.05) is 26.9 Å². The number of ether oxygens (including phenoxy) is 3. The van der Waals surface area contributed by atoms with E-state index in [1.165, 1.54) is 5.56 Å². The number of hydrogen-bond acceptors (Lipinski definition) is 4. The fourth-order valence-electron chi connectivity index (χ4n) is 3.22. The lowest BCUT2D eigenvalue weighted by atomic mass is 9.87. The number of aliphatic hydroxyl groups excluding tert-OH is 1. The summed E-state index contributed by atoms with van der Waals surface area (Å²) in [4.78, 5) is 0. The fraction of sp³-hybridized carbons (Fsp3) is 0.647. The standard InChI is InChI=1S/C17H24O4/c1-19-14-3-4-15-13(10-14)2-5-16(17(15)18)21-11-12-6-8-20-9-7-12/h3-4,10,12,16-18H,2,5-9,11H2,1H3. The predicted octanol–water partition coefficient (Wildman–Crippen LogP) is 2.49. The molecule has 0 spiro atoms. The minimum atomic E-state index is -0.528. The van der Waals surface area contributed by atoms with Crippen LogP contribution in [0.5, 0.6) is 5.75 Å². The van der Waals surface area contributed by atoms with Gasteiger partial charge in [0.25, 0.3) is 0 Å². The number of rotatable bonds is 4. The van der Waals surface area contributed by atoms with Crippen LogP contribution in [0, 0.1) is 5.92 Å². The second-order valence-corrected chi connectivity index (χ2v) is 5.98. The summed E-state index contributed by atoms with van der Waals surface area (Å²) in [6, 6.07) is 5.89. The van der Waals surface area contributed by atoms with Gasteiger partial charge in [-0.2, -0.15) is 0 Å². The van der Waals surface area contributed by atoms with E-state index < -0.39 is 6.10 Å². The molecule has 0 aromatic heterocycles. The highest BCUT2D eigenvalue weighted by atomic mass is 16.5.